The number of anilines is 1. The zero-order chi connectivity index (χ0) is 57.1. The lowest BCUT2D eigenvalue weighted by Gasteiger charge is -2.35. The molecule has 3 amide bonds. The molecule has 3 aliphatic rings. The third-order valence-corrected chi connectivity index (χ3v) is 16.6. The molecular weight excluding hydrogens is 1080 g/mol. The van der Waals surface area contributed by atoms with Crippen LogP contribution in [0.2, 0.25) is 5.02 Å². The first-order valence-corrected chi connectivity index (χ1v) is 28.4. The van der Waals surface area contributed by atoms with Gasteiger partial charge >= 0.3 is 6.01 Å². The highest BCUT2D eigenvalue weighted by Crippen LogP contribution is 2.43. The Hall–Kier alpha value is -7.30. The predicted octanol–water partition coefficient (Wildman–Crippen LogP) is 9.02. The van der Waals surface area contributed by atoms with Crippen LogP contribution in [0.15, 0.2) is 95.2 Å². The van der Waals surface area contributed by atoms with Gasteiger partial charge in [-0.1, -0.05) is 80.6 Å². The number of aromatic hydroxyl groups is 1. The van der Waals surface area contributed by atoms with Crippen LogP contribution in [-0.4, -0.2) is 153 Å². The lowest BCUT2D eigenvalue weighted by molar-refractivity contribution is -0.141. The van der Waals surface area contributed by atoms with Crippen molar-refractivity contribution in [3.8, 4) is 39.2 Å². The highest BCUT2D eigenvalue weighted by atomic mass is 35.5. The summed E-state index contributed by atoms with van der Waals surface area (Å²) in [4.78, 5) is 62.1. The Labute approximate surface area is 476 Å². The molecule has 6 heterocycles. The molecule has 0 spiro atoms. The number of hydrogen-bond acceptors (Lipinski definition) is 16. The van der Waals surface area contributed by atoms with Gasteiger partial charge in [0.25, 0.3) is 11.8 Å². The van der Waals surface area contributed by atoms with Crippen molar-refractivity contribution < 1.29 is 52.1 Å². The summed E-state index contributed by atoms with van der Waals surface area (Å²) in [7, 11) is 0. The van der Waals surface area contributed by atoms with E-state index >= 15 is 4.39 Å². The van der Waals surface area contributed by atoms with E-state index in [0.717, 1.165) is 47.6 Å². The molecule has 10 rings (SSSR count). The molecule has 3 N–H and O–H groups in total. The number of rotatable bonds is 19. The van der Waals surface area contributed by atoms with Gasteiger partial charge < -0.3 is 49.0 Å². The minimum Gasteiger partial charge on any atom is -0.508 e. The first-order chi connectivity index (χ1) is 39.0. The van der Waals surface area contributed by atoms with Gasteiger partial charge in [-0.3, -0.25) is 19.3 Å². The number of aromatic nitrogens is 4. The number of piperazine rings is 1. The maximum atomic E-state index is 17.1. The third kappa shape index (κ3) is 12.6. The zero-order valence-electron chi connectivity index (χ0n) is 45.4. The molecule has 7 aromatic rings. The number of phenols is 1. The molecule has 18 nitrogen and oxygen atoms in total. The number of carbonyl (C=O) groups is 3. The number of ether oxygens (including phenoxy) is 3. The van der Waals surface area contributed by atoms with E-state index in [1.54, 1.807) is 29.5 Å². The standard InChI is InChI=1S/C59H64ClF2N9O9S/c1-33(2)50(58(76)71-31-41(73)28-47(71)56(74)64-35(4)37-10-12-38(13-11-37)54-36(5)63-32-81-54)48-30-49(67-80-48)78-25-24-77-42-14-16-68(17-15-42)22-23-79-59-65-53-45(55(66-59)69-18-20-70(21-19-69)57(75)34(3)61)29-46(60)51(52(53)62)44-27-40(72)26-39-8-6-7-9-43(39)44/h6-13,26-27,29-30,32-33,35,41-42,47,50,72-73H,3,14-25,28,31H2,1-2,4-5H3,(H,64,74)/t35-,41+,47-,50-/m0/s1. The van der Waals surface area contributed by atoms with Crippen LogP contribution >= 0.6 is 22.9 Å². The van der Waals surface area contributed by atoms with Crippen LogP contribution in [0.1, 0.15) is 69.0 Å². The molecule has 3 fully saturated rings. The molecule has 0 bridgehead atoms. The number of likely N-dealkylation sites (tertiary alicyclic amines) is 2. The van der Waals surface area contributed by atoms with Crippen LogP contribution in [0.5, 0.6) is 17.6 Å². The normalized spacial score (nSPS) is 18.0. The van der Waals surface area contributed by atoms with E-state index < -0.39 is 35.6 Å². The van der Waals surface area contributed by atoms with E-state index in [1.165, 1.54) is 15.9 Å². The van der Waals surface area contributed by atoms with Crippen LogP contribution in [0.4, 0.5) is 14.6 Å². The number of hydrogen-bond donors (Lipinski definition) is 3. The highest BCUT2D eigenvalue weighted by Gasteiger charge is 2.44. The van der Waals surface area contributed by atoms with Crippen molar-refractivity contribution in [1.29, 1.82) is 0 Å². The lowest BCUT2D eigenvalue weighted by Crippen LogP contribution is -2.49. The van der Waals surface area contributed by atoms with Gasteiger partial charge in [0, 0.05) is 75.8 Å². The van der Waals surface area contributed by atoms with Gasteiger partial charge in [0.1, 0.15) is 42.3 Å². The summed E-state index contributed by atoms with van der Waals surface area (Å²) in [5, 5.41) is 30.3. The van der Waals surface area contributed by atoms with Crippen LogP contribution in [0.25, 0.3) is 43.2 Å². The molecule has 81 heavy (non-hydrogen) atoms. The van der Waals surface area contributed by atoms with Crippen molar-refractivity contribution in [1.82, 2.24) is 40.1 Å². The molecule has 3 saturated heterocycles. The first-order valence-electron chi connectivity index (χ1n) is 27.2. The number of fused-ring (bicyclic) bond motifs is 2. The van der Waals surface area contributed by atoms with Crippen molar-refractivity contribution in [2.75, 3.05) is 77.1 Å². The van der Waals surface area contributed by atoms with Crippen LogP contribution in [-0.2, 0) is 19.1 Å². The van der Waals surface area contributed by atoms with Gasteiger partial charge in [0.15, 0.2) is 17.4 Å². The number of nitrogens with zero attached hydrogens (tertiary/aromatic N) is 8. The number of aryl methyl sites for hydroxylation is 1. The van der Waals surface area contributed by atoms with Gasteiger partial charge in [-0.2, -0.15) is 9.97 Å². The van der Waals surface area contributed by atoms with Crippen molar-refractivity contribution >= 4 is 68.2 Å². The van der Waals surface area contributed by atoms with Crippen molar-refractivity contribution in [3.63, 3.8) is 0 Å². The molecule has 22 heteroatoms. The van der Waals surface area contributed by atoms with Crippen molar-refractivity contribution in [3.05, 3.63) is 119 Å². The Morgan fingerprint density at radius 1 is 0.938 bits per heavy atom. The fourth-order valence-electron chi connectivity index (χ4n) is 11.0. The molecule has 426 valence electrons. The van der Waals surface area contributed by atoms with Crippen molar-refractivity contribution in [2.45, 2.75) is 77.2 Å². The summed E-state index contributed by atoms with van der Waals surface area (Å²) < 4.78 is 54.8. The molecule has 4 atom stereocenters. The number of thiazole rings is 1. The topological polar surface area (TPSA) is 209 Å². The lowest BCUT2D eigenvalue weighted by atomic mass is 9.91. The van der Waals surface area contributed by atoms with E-state index in [-0.39, 0.29) is 123 Å². The fraction of sp³-hybridized carbons (Fsp3) is 0.407. The predicted molar refractivity (Wildman–Crippen MR) is 304 cm³/mol. The average molecular weight is 1150 g/mol. The van der Waals surface area contributed by atoms with Crippen LogP contribution in [0.3, 0.4) is 0 Å². The molecule has 0 aliphatic carbocycles. The van der Waals surface area contributed by atoms with E-state index in [0.29, 0.717) is 39.8 Å². The SMILES string of the molecule is C=C(F)C(=O)N1CCN(c2nc(OCCN3CCC(OCCOc4cc([C@@H](C(=O)N5C[C@H](O)C[C@H]5C(=O)N[C@@H](C)c5ccc(-c6scnc6C)cc5)C(C)C)on4)CC3)nc3c(F)c(-c4cc(O)cc5ccccc45)c(Cl)cc23)CC1. The van der Waals surface area contributed by atoms with Crippen LogP contribution in [0, 0.1) is 18.7 Å². The van der Waals surface area contributed by atoms with E-state index in [4.69, 9.17) is 35.3 Å². The Kier molecular flexibility index (Phi) is 17.5. The number of aliphatic hydroxyl groups is 1. The molecule has 0 saturated carbocycles. The molecule has 4 aromatic carbocycles. The van der Waals surface area contributed by atoms with E-state index in [1.807, 2.05) is 86.6 Å². The second kappa shape index (κ2) is 24.8. The second-order valence-electron chi connectivity index (χ2n) is 21.1. The smallest absolute Gasteiger partial charge is 0.319 e. The number of nitrogens with one attached hydrogen (secondary N) is 1. The minimum atomic E-state index is -1.05. The summed E-state index contributed by atoms with van der Waals surface area (Å²) in [6.45, 7) is 14.3. The molecule has 0 radical (unpaired) electrons. The first kappa shape index (κ1) is 57.0. The second-order valence-corrected chi connectivity index (χ2v) is 22.3. The minimum absolute atomic E-state index is 0.00947. The quantitative estimate of drug-likeness (QED) is 0.0510. The molecule has 3 aromatic heterocycles. The number of amides is 3. The molecule has 3 aliphatic heterocycles. The number of carbonyl (C=O) groups excluding carboxylic acids is 3. The highest BCUT2D eigenvalue weighted by molar-refractivity contribution is 7.13. The summed E-state index contributed by atoms with van der Waals surface area (Å²) in [5.41, 5.74) is 5.13. The van der Waals surface area contributed by atoms with Crippen molar-refractivity contribution in [2.24, 2.45) is 5.92 Å². The number of piperidine rings is 1. The number of aliphatic hydroxyl groups excluding tert-OH is 1. The Balaban J connectivity index is 0.714. The summed E-state index contributed by atoms with van der Waals surface area (Å²) in [6.07, 6.45) is 0.708. The van der Waals surface area contributed by atoms with E-state index in [2.05, 4.69) is 31.9 Å². The zero-order valence-corrected chi connectivity index (χ0v) is 47.0. The third-order valence-electron chi connectivity index (χ3n) is 15.3. The number of β-amino-alcohol motifs (C(OH)–C–C–N with tert-alkyl or cyclic N) is 1. The van der Waals surface area contributed by atoms with Crippen LogP contribution < -0.4 is 19.7 Å². The average Bonchev–Trinajstić information content (AvgIpc) is 4.29. The Bertz CT molecular complexity index is 3440. The Morgan fingerprint density at radius 2 is 1.69 bits per heavy atom. The van der Waals surface area contributed by atoms with Gasteiger partial charge in [-0.05, 0) is 83.4 Å². The summed E-state index contributed by atoms with van der Waals surface area (Å²) in [6, 6.07) is 20.2. The fourth-order valence-corrected chi connectivity index (χ4v) is 12.1. The molecular formula is C59H64ClF2N9O9S. The largest absolute Gasteiger partial charge is 0.508 e. The van der Waals surface area contributed by atoms with Gasteiger partial charge in [-0.15, -0.1) is 11.3 Å². The van der Waals surface area contributed by atoms with Gasteiger partial charge in [0.05, 0.1) is 46.0 Å². The van der Waals surface area contributed by atoms with E-state index in [9.17, 15) is 29.0 Å². The van der Waals surface area contributed by atoms with Gasteiger partial charge in [-0.25, -0.2) is 13.8 Å². The summed E-state index contributed by atoms with van der Waals surface area (Å²) >= 11 is 8.47. The Morgan fingerprint density at radius 3 is 2.41 bits per heavy atom. The number of halogens is 3. The summed E-state index contributed by atoms with van der Waals surface area (Å²) in [5.74, 6) is -3.50. The number of phenolic OH excluding ortho intramolecular Hbond substituents is 1. The maximum Gasteiger partial charge on any atom is 0.319 e. The number of benzene rings is 4. The molecule has 0 unspecified atom stereocenters. The van der Waals surface area contributed by atoms with Gasteiger partial charge in [0.2, 0.25) is 11.8 Å². The maximum absolute atomic E-state index is 17.1. The monoisotopic (exact) mass is 1150 g/mol.